The number of allylic oxidation sites excluding steroid dienone is 1. The van der Waals surface area contributed by atoms with Crippen LogP contribution < -0.4 is 51.4 Å². The minimum Gasteiger partial charge on any atom is -0.543 e. The number of anilines is 1. The predicted molar refractivity (Wildman–Crippen MR) is 127 cm³/mol. The number of nitrogens with zero attached hydrogens (tertiary/aromatic N) is 4. The molecule has 2 aromatic rings. The number of ether oxygens (including phenoxy) is 1. The maximum absolute atomic E-state index is 12.8. The molecule has 0 aromatic carbocycles. The van der Waals surface area contributed by atoms with Gasteiger partial charge in [0, 0.05) is 11.8 Å². The van der Waals surface area contributed by atoms with Gasteiger partial charge in [-0.25, -0.2) is 9.78 Å². The number of carboxylic acid groups (broad SMARTS) is 1. The number of hydrogen-bond acceptors (Lipinski definition) is 14. The van der Waals surface area contributed by atoms with Gasteiger partial charge in [-0.3, -0.25) is 14.5 Å². The van der Waals surface area contributed by atoms with E-state index in [-0.39, 0.29) is 79.8 Å². The number of amides is 3. The molecule has 6 N–H and O–H groups in total. The van der Waals surface area contributed by atoms with Gasteiger partial charge in [0.15, 0.2) is 16.6 Å². The second-order valence-corrected chi connectivity index (χ2v) is 10.0. The molecule has 4 heterocycles. The normalized spacial score (nSPS) is 19.0. The van der Waals surface area contributed by atoms with Crippen molar-refractivity contribution in [2.24, 2.45) is 10.9 Å². The molecule has 1 saturated heterocycles. The summed E-state index contributed by atoms with van der Waals surface area (Å²) in [6.07, 6.45) is 1.84. The van der Waals surface area contributed by atoms with Gasteiger partial charge in [-0.1, -0.05) is 39.3 Å². The van der Waals surface area contributed by atoms with Crippen LogP contribution in [0.5, 0.6) is 0 Å². The zero-order valence-corrected chi connectivity index (χ0v) is 23.6. The molecule has 194 valence electrons. The molecule has 0 spiro atoms. The number of nitrogens with one attached hydrogen (secondary N) is 1. The van der Waals surface area contributed by atoms with Gasteiger partial charge in [0.2, 0.25) is 0 Å². The number of halogens is 1. The third-order valence-corrected chi connectivity index (χ3v) is 7.39. The van der Waals surface area contributed by atoms with Crippen LogP contribution in [0.1, 0.15) is 17.1 Å². The maximum atomic E-state index is 12.8. The minimum absolute atomic E-state index is 0. The van der Waals surface area contributed by atoms with Crippen LogP contribution in [0.15, 0.2) is 33.1 Å². The average molecular weight is 592 g/mol. The number of oxime groups is 1. The Hall–Kier alpha value is -3.09. The van der Waals surface area contributed by atoms with Crippen molar-refractivity contribution in [3.05, 3.63) is 44.9 Å². The molecule has 15 nitrogen and oxygen atoms in total. The molecule has 1 fully saturated rings. The molecule has 38 heavy (non-hydrogen) atoms. The summed E-state index contributed by atoms with van der Waals surface area (Å²) < 4.78 is 9.67. The Morgan fingerprint density at radius 2 is 2.16 bits per heavy atom. The average Bonchev–Trinajstić information content (AvgIpc) is 3.44. The number of carboxylic acids is 1. The first-order valence-corrected chi connectivity index (χ1v) is 12.2. The van der Waals surface area contributed by atoms with Crippen LogP contribution in [0.4, 0.5) is 9.93 Å². The van der Waals surface area contributed by atoms with Crippen molar-refractivity contribution in [2.45, 2.75) is 18.0 Å². The molecule has 4 rings (SSSR count). The van der Waals surface area contributed by atoms with E-state index >= 15 is 0 Å². The number of fused-ring (bicyclic) bond motifs is 1. The standard InChI is InChI=1S/C19H16ClN7O8S2.Na/c20-13-9(24-18(21)37-13)10(25-33)14(28)23-11-15(29)27-12(17(30)31)6(5-36-16(11)27)1-2-8-3-7(26-35-8)4-34-19(22)32;/h1-3,11,16,33H,4-5H2,(H2,21,24)(H2,22,32)(H,23,28)(H,30,31);/q;+1/p-1/b2-1-,25-10-;/t11-,16-;/m1./s1. The van der Waals surface area contributed by atoms with E-state index in [2.05, 4.69) is 25.4 Å². The third kappa shape index (κ3) is 5.97. The molecule has 0 bridgehead atoms. The summed E-state index contributed by atoms with van der Waals surface area (Å²) in [7, 11) is 0. The van der Waals surface area contributed by atoms with Crippen LogP contribution in [0.25, 0.3) is 6.08 Å². The number of nitrogen functional groups attached to an aromatic ring is 1. The predicted octanol–water partition coefficient (Wildman–Crippen LogP) is -3.74. The molecular formula is C19H15ClN7NaO8S2. The molecule has 0 radical (unpaired) electrons. The van der Waals surface area contributed by atoms with Crippen molar-refractivity contribution in [3.63, 3.8) is 0 Å². The smallest absolute Gasteiger partial charge is 0.543 e. The number of β-lactam (4-membered cyclic amide) rings is 1. The van der Waals surface area contributed by atoms with E-state index < -0.39 is 41.0 Å². The summed E-state index contributed by atoms with van der Waals surface area (Å²) in [6.45, 7) is -0.211. The molecular weight excluding hydrogens is 577 g/mol. The maximum Gasteiger partial charge on any atom is 1.00 e. The van der Waals surface area contributed by atoms with Gasteiger partial charge >= 0.3 is 35.7 Å². The molecule has 0 unspecified atom stereocenters. The monoisotopic (exact) mass is 591 g/mol. The Balaban J connectivity index is 0.00000400. The number of aromatic nitrogens is 2. The van der Waals surface area contributed by atoms with Gasteiger partial charge in [-0.15, -0.1) is 11.8 Å². The van der Waals surface area contributed by atoms with E-state index in [1.807, 2.05) is 0 Å². The fourth-order valence-corrected chi connectivity index (χ4v) is 5.68. The largest absolute Gasteiger partial charge is 1.00 e. The zero-order valence-electron chi connectivity index (χ0n) is 19.2. The first-order chi connectivity index (χ1) is 17.6. The van der Waals surface area contributed by atoms with Gasteiger partial charge in [0.05, 0.1) is 11.7 Å². The number of nitrogens with two attached hydrogens (primary N) is 2. The van der Waals surface area contributed by atoms with Gasteiger partial charge in [-0.2, -0.15) is 0 Å². The van der Waals surface area contributed by atoms with Crippen molar-refractivity contribution < 1.29 is 68.3 Å². The molecule has 2 aliphatic rings. The number of thioether (sulfide) groups is 1. The fraction of sp³-hybridized carbons (Fsp3) is 0.211. The first-order valence-electron chi connectivity index (χ1n) is 10.0. The number of carbonyl (C=O) groups is 4. The fourth-order valence-electron chi connectivity index (χ4n) is 3.44. The van der Waals surface area contributed by atoms with E-state index in [1.165, 1.54) is 30.0 Å². The minimum atomic E-state index is -1.60. The number of aliphatic carboxylic acids is 1. The van der Waals surface area contributed by atoms with E-state index in [0.29, 0.717) is 0 Å². The van der Waals surface area contributed by atoms with Crippen LogP contribution in [-0.4, -0.2) is 67.0 Å². The van der Waals surface area contributed by atoms with Crippen molar-refractivity contribution >= 4 is 75.5 Å². The Kier molecular flexibility index (Phi) is 9.45. The van der Waals surface area contributed by atoms with Crippen molar-refractivity contribution in [1.29, 1.82) is 0 Å². The topological polar surface area (TPSA) is 239 Å². The SMILES string of the molecule is NC(=O)OCc1cc(/C=C\C2=C(C(=O)[O-])N3C(=O)[C@@H](NC(=O)/C(=N\O)c4nc(N)sc4Cl)[C@H]3SC2)on1.[Na+]. The number of rotatable bonds is 8. The van der Waals surface area contributed by atoms with Crippen LogP contribution in [0.3, 0.4) is 0 Å². The zero-order chi connectivity index (χ0) is 26.9. The van der Waals surface area contributed by atoms with Gasteiger partial charge in [0.25, 0.3) is 11.8 Å². The number of hydrogen-bond donors (Lipinski definition) is 4. The summed E-state index contributed by atoms with van der Waals surface area (Å²) in [5.74, 6) is -2.92. The Bertz CT molecular complexity index is 1390. The summed E-state index contributed by atoms with van der Waals surface area (Å²) in [6, 6.07) is 0.325. The Morgan fingerprint density at radius 1 is 1.42 bits per heavy atom. The summed E-state index contributed by atoms with van der Waals surface area (Å²) >= 11 is 8.01. The number of primary amides is 1. The van der Waals surface area contributed by atoms with E-state index in [1.54, 1.807) is 0 Å². The van der Waals surface area contributed by atoms with Crippen LogP contribution in [0.2, 0.25) is 4.34 Å². The molecule has 2 aromatic heterocycles. The van der Waals surface area contributed by atoms with E-state index in [4.69, 9.17) is 27.6 Å². The third-order valence-electron chi connectivity index (χ3n) is 5.01. The van der Waals surface area contributed by atoms with Gasteiger partial charge in [-0.05, 0) is 11.6 Å². The molecule has 2 aliphatic heterocycles. The van der Waals surface area contributed by atoms with Crippen LogP contribution in [-0.2, 0) is 25.7 Å². The summed E-state index contributed by atoms with van der Waals surface area (Å²) in [5.41, 5.74) is 9.86. The van der Waals surface area contributed by atoms with Crippen LogP contribution in [0, 0.1) is 0 Å². The molecule has 0 aliphatic carbocycles. The molecule has 3 amide bonds. The van der Waals surface area contributed by atoms with Crippen molar-refractivity contribution in [3.8, 4) is 0 Å². The van der Waals surface area contributed by atoms with Crippen molar-refractivity contribution in [1.82, 2.24) is 20.4 Å². The Labute approximate surface area is 248 Å². The van der Waals surface area contributed by atoms with Gasteiger partial charge in [0.1, 0.15) is 33.7 Å². The molecule has 2 atom stereocenters. The summed E-state index contributed by atoms with van der Waals surface area (Å²) in [4.78, 5) is 52.9. The molecule has 19 heteroatoms. The second-order valence-electron chi connectivity index (χ2n) is 7.31. The van der Waals surface area contributed by atoms with Crippen molar-refractivity contribution in [2.75, 3.05) is 11.5 Å². The molecule has 0 saturated carbocycles. The van der Waals surface area contributed by atoms with E-state index in [0.717, 1.165) is 16.2 Å². The summed E-state index contributed by atoms with van der Waals surface area (Å²) in [5, 5.41) is 29.5. The van der Waals surface area contributed by atoms with Crippen LogP contribution >= 0.6 is 34.7 Å². The first kappa shape index (κ1) is 29.5. The van der Waals surface area contributed by atoms with Gasteiger partial charge < -0.3 is 41.2 Å². The quantitative estimate of drug-likeness (QED) is 0.0761. The number of thiazole rings is 1. The number of carbonyl (C=O) groups excluding carboxylic acids is 4. The second kappa shape index (κ2) is 12.2. The Morgan fingerprint density at radius 3 is 2.76 bits per heavy atom. The van der Waals surface area contributed by atoms with E-state index in [9.17, 15) is 29.5 Å².